The van der Waals surface area contributed by atoms with Crippen LogP contribution in [0, 0.1) is 11.8 Å². The molecule has 0 bridgehead atoms. The molecule has 0 heterocycles. The molecular weight excluding hydrogens is 290 g/mol. The lowest BCUT2D eigenvalue weighted by Gasteiger charge is -2.35. The Morgan fingerprint density at radius 3 is 1.67 bits per heavy atom. The zero-order valence-corrected chi connectivity index (χ0v) is 9.61. The van der Waals surface area contributed by atoms with E-state index in [0.29, 0.717) is 0 Å². The van der Waals surface area contributed by atoms with Crippen LogP contribution in [-0.4, -0.2) is 22.9 Å². The summed E-state index contributed by atoms with van der Waals surface area (Å²) in [6, 6.07) is 0. The minimum atomic E-state index is -4.68. The molecular formula is C8H10F6O3S. The van der Waals surface area contributed by atoms with Gasteiger partial charge in [-0.1, -0.05) is 5.04 Å². The summed E-state index contributed by atoms with van der Waals surface area (Å²) < 4.78 is 78.9. The van der Waals surface area contributed by atoms with E-state index in [2.05, 4.69) is 9.37 Å². The molecule has 0 aromatic rings. The summed E-state index contributed by atoms with van der Waals surface area (Å²) in [6.45, 7) is 0. The first-order valence-electron chi connectivity index (χ1n) is 4.91. The second-order valence-electron chi connectivity index (χ2n) is 4.04. The Labute approximate surface area is 102 Å². The lowest BCUT2D eigenvalue weighted by atomic mass is 9.80. The lowest BCUT2D eigenvalue weighted by Crippen LogP contribution is -2.39. The van der Waals surface area contributed by atoms with Gasteiger partial charge in [-0.3, -0.25) is 0 Å². The van der Waals surface area contributed by atoms with Gasteiger partial charge < -0.3 is 0 Å². The maximum atomic E-state index is 12.5. The van der Waals surface area contributed by atoms with Gasteiger partial charge >= 0.3 is 12.4 Å². The van der Waals surface area contributed by atoms with Crippen molar-refractivity contribution in [1.82, 2.24) is 0 Å². The molecule has 1 fully saturated rings. The van der Waals surface area contributed by atoms with E-state index in [1.165, 1.54) is 0 Å². The Bertz CT molecular complexity index is 247. The van der Waals surface area contributed by atoms with Crippen LogP contribution >= 0.6 is 12.0 Å². The van der Waals surface area contributed by atoms with Crippen molar-refractivity contribution < 1.29 is 41.0 Å². The molecule has 1 N–H and O–H groups in total. The van der Waals surface area contributed by atoms with E-state index in [1.54, 1.807) is 0 Å². The molecule has 2 atom stereocenters. The Morgan fingerprint density at radius 1 is 0.889 bits per heavy atom. The van der Waals surface area contributed by atoms with Gasteiger partial charge in [-0.2, -0.15) is 26.3 Å². The van der Waals surface area contributed by atoms with E-state index >= 15 is 0 Å². The highest BCUT2D eigenvalue weighted by Crippen LogP contribution is 2.48. The predicted octanol–water partition coefficient (Wildman–Crippen LogP) is 3.97. The summed E-state index contributed by atoms with van der Waals surface area (Å²) in [5.74, 6) is -4.06. The van der Waals surface area contributed by atoms with Gasteiger partial charge in [0.25, 0.3) is 0 Å². The van der Waals surface area contributed by atoms with Gasteiger partial charge in [0.05, 0.1) is 11.8 Å². The normalized spacial score (nSPS) is 30.5. The summed E-state index contributed by atoms with van der Waals surface area (Å²) >= 11 is 0.265. The average molecular weight is 300 g/mol. The maximum Gasteiger partial charge on any atom is 0.391 e. The Hall–Kier alpha value is -0.190. The zero-order chi connectivity index (χ0) is 14.0. The average Bonchev–Trinajstić information content (AvgIpc) is 2.23. The van der Waals surface area contributed by atoms with Crippen LogP contribution in [0.4, 0.5) is 26.3 Å². The topological polar surface area (TPSA) is 38.7 Å². The van der Waals surface area contributed by atoms with E-state index in [0.717, 1.165) is 0 Å². The van der Waals surface area contributed by atoms with Crippen molar-refractivity contribution in [1.29, 1.82) is 0 Å². The maximum absolute atomic E-state index is 12.5. The summed E-state index contributed by atoms with van der Waals surface area (Å²) in [6.07, 6.45) is -11.3. The van der Waals surface area contributed by atoms with Crippen molar-refractivity contribution in [2.75, 3.05) is 0 Å². The monoisotopic (exact) mass is 300 g/mol. The van der Waals surface area contributed by atoms with E-state index < -0.39 is 48.7 Å². The molecule has 1 aliphatic carbocycles. The van der Waals surface area contributed by atoms with Crippen molar-refractivity contribution >= 4 is 12.0 Å². The molecule has 1 saturated carbocycles. The molecule has 0 amide bonds. The molecule has 10 heteroatoms. The first kappa shape index (κ1) is 15.9. The second kappa shape index (κ2) is 5.85. The van der Waals surface area contributed by atoms with Gasteiger partial charge in [0.2, 0.25) is 0 Å². The Kier molecular flexibility index (Phi) is 5.15. The highest BCUT2D eigenvalue weighted by Gasteiger charge is 2.52. The van der Waals surface area contributed by atoms with Gasteiger partial charge in [-0.15, -0.1) is 4.33 Å². The summed E-state index contributed by atoms with van der Waals surface area (Å²) in [4.78, 5) is 0. The van der Waals surface area contributed by atoms with Gasteiger partial charge in [0, 0.05) is 17.3 Å². The van der Waals surface area contributed by atoms with Gasteiger partial charge in [-0.25, -0.2) is 5.26 Å². The lowest BCUT2D eigenvalue weighted by molar-refractivity contribution is -0.432. The van der Waals surface area contributed by atoms with E-state index in [4.69, 9.17) is 5.26 Å². The Balaban J connectivity index is 2.73. The van der Waals surface area contributed by atoms with E-state index in [9.17, 15) is 26.3 Å². The van der Waals surface area contributed by atoms with E-state index in [1.807, 2.05) is 0 Å². The predicted molar refractivity (Wildman–Crippen MR) is 49.1 cm³/mol. The quantitative estimate of drug-likeness (QED) is 0.370. The van der Waals surface area contributed by atoms with Crippen LogP contribution in [-0.2, 0) is 9.37 Å². The van der Waals surface area contributed by atoms with Crippen molar-refractivity contribution in [3.05, 3.63) is 0 Å². The van der Waals surface area contributed by atoms with Crippen LogP contribution in [0.2, 0.25) is 0 Å². The summed E-state index contributed by atoms with van der Waals surface area (Å²) in [5.41, 5.74) is 0. The molecule has 0 aliphatic heterocycles. The number of hydrogen-bond donors (Lipinski definition) is 1. The smallest absolute Gasteiger partial charge is 0.220 e. The fourth-order valence-electron chi connectivity index (χ4n) is 1.95. The fraction of sp³-hybridized carbons (Fsp3) is 1.00. The number of alkyl halides is 6. The molecule has 2 unspecified atom stereocenters. The third-order valence-electron chi connectivity index (χ3n) is 2.80. The standard InChI is InChI=1S/C8H10F6O3S/c9-7(10,11)4-1-5(8(12,13)14)3-6(2-4)18-17-16-15/h4-6,15H,1-3H2. The van der Waals surface area contributed by atoms with Crippen molar-refractivity contribution in [2.24, 2.45) is 11.8 Å². The molecule has 0 saturated heterocycles. The molecule has 3 nitrogen and oxygen atoms in total. The molecule has 108 valence electrons. The highest BCUT2D eigenvalue weighted by molar-refractivity contribution is 7.95. The first-order valence-corrected chi connectivity index (χ1v) is 5.72. The number of rotatable bonds is 3. The minimum absolute atomic E-state index is 0.265. The summed E-state index contributed by atoms with van der Waals surface area (Å²) in [5, 5.41) is 10.0. The first-order chi connectivity index (χ1) is 8.14. The van der Waals surface area contributed by atoms with Crippen molar-refractivity contribution in [3.8, 4) is 0 Å². The van der Waals surface area contributed by atoms with Crippen LogP contribution in [0.3, 0.4) is 0 Å². The third-order valence-corrected chi connectivity index (χ3v) is 3.59. The molecule has 0 radical (unpaired) electrons. The van der Waals surface area contributed by atoms with Crippen LogP contribution in [0.15, 0.2) is 0 Å². The number of halogens is 6. The molecule has 0 spiro atoms. The third kappa shape index (κ3) is 4.48. The second-order valence-corrected chi connectivity index (χ2v) is 5.04. The minimum Gasteiger partial charge on any atom is -0.220 e. The van der Waals surface area contributed by atoms with Crippen LogP contribution < -0.4 is 0 Å². The van der Waals surface area contributed by atoms with Crippen molar-refractivity contribution in [2.45, 2.75) is 36.9 Å². The van der Waals surface area contributed by atoms with Crippen molar-refractivity contribution in [3.63, 3.8) is 0 Å². The highest BCUT2D eigenvalue weighted by atomic mass is 32.2. The Morgan fingerprint density at radius 2 is 1.33 bits per heavy atom. The summed E-state index contributed by atoms with van der Waals surface area (Å²) in [7, 11) is 0. The fourth-order valence-corrected chi connectivity index (χ4v) is 2.72. The van der Waals surface area contributed by atoms with Crippen LogP contribution in [0.1, 0.15) is 19.3 Å². The molecule has 18 heavy (non-hydrogen) atoms. The van der Waals surface area contributed by atoms with E-state index in [-0.39, 0.29) is 12.0 Å². The van der Waals surface area contributed by atoms with Crippen LogP contribution in [0.25, 0.3) is 0 Å². The van der Waals surface area contributed by atoms with Gasteiger partial charge in [-0.05, 0) is 19.3 Å². The van der Waals surface area contributed by atoms with Gasteiger partial charge in [0.1, 0.15) is 0 Å². The molecule has 1 aliphatic rings. The molecule has 0 aromatic heterocycles. The SMILES string of the molecule is OOOSC1CC(C(F)(F)F)CC(C(F)(F)F)C1. The largest absolute Gasteiger partial charge is 0.391 e. The molecule has 1 rings (SSSR count). The zero-order valence-electron chi connectivity index (χ0n) is 8.79. The number of hydrogen-bond acceptors (Lipinski definition) is 4. The molecule has 0 aromatic carbocycles. The van der Waals surface area contributed by atoms with Crippen LogP contribution in [0.5, 0.6) is 0 Å². The van der Waals surface area contributed by atoms with Gasteiger partial charge in [0.15, 0.2) is 0 Å².